The van der Waals surface area contributed by atoms with Crippen molar-refractivity contribution in [1.29, 1.82) is 0 Å². The number of nitrogens with zero attached hydrogens (tertiary/aromatic N) is 2. The Balaban J connectivity index is 1.64. The molecule has 134 valence electrons. The molecular weight excluding hydrogens is 464 g/mol. The van der Waals surface area contributed by atoms with Crippen molar-refractivity contribution in [1.82, 2.24) is 9.97 Å². The summed E-state index contributed by atoms with van der Waals surface area (Å²) in [4.78, 5) is 22.2. The normalized spacial score (nSPS) is 11.0. The molecule has 0 bridgehead atoms. The minimum atomic E-state index is 0.0452. The molecule has 0 aliphatic rings. The molecule has 3 nitrogen and oxygen atoms in total. The summed E-state index contributed by atoms with van der Waals surface area (Å²) < 4.78 is 1.03. The molecule has 2 aromatic carbocycles. The lowest BCUT2D eigenvalue weighted by atomic mass is 10.1. The van der Waals surface area contributed by atoms with Crippen LogP contribution in [0.25, 0.3) is 21.3 Å². The predicted octanol–water partition coefficient (Wildman–Crippen LogP) is 6.75. The molecule has 0 saturated carbocycles. The minimum absolute atomic E-state index is 0.0452. The van der Waals surface area contributed by atoms with Crippen LogP contribution >= 0.6 is 50.6 Å². The van der Waals surface area contributed by atoms with E-state index in [2.05, 4.69) is 43.4 Å². The first-order valence-corrected chi connectivity index (χ1v) is 11.0. The fourth-order valence-corrected chi connectivity index (χ4v) is 4.93. The van der Waals surface area contributed by atoms with Crippen LogP contribution in [0, 0.1) is 0 Å². The van der Waals surface area contributed by atoms with Crippen molar-refractivity contribution in [3.8, 4) is 11.1 Å². The number of hydrogen-bond acceptors (Lipinski definition) is 5. The second-order valence-electron chi connectivity index (χ2n) is 5.73. The Bertz CT molecular complexity index is 1110. The van der Waals surface area contributed by atoms with Crippen LogP contribution in [0.2, 0.25) is 5.02 Å². The van der Waals surface area contributed by atoms with E-state index >= 15 is 0 Å². The smallest absolute Gasteiger partial charge is 0.173 e. The van der Waals surface area contributed by atoms with Crippen molar-refractivity contribution in [2.75, 3.05) is 5.75 Å². The number of aromatic nitrogens is 2. The molecule has 4 aromatic rings. The van der Waals surface area contributed by atoms with Gasteiger partial charge in [0.05, 0.1) is 11.1 Å². The van der Waals surface area contributed by atoms with E-state index in [1.54, 1.807) is 41.9 Å². The van der Waals surface area contributed by atoms with Gasteiger partial charge in [-0.3, -0.25) is 4.79 Å². The maximum Gasteiger partial charge on any atom is 0.173 e. The number of carbonyl (C=O) groups is 1. The summed E-state index contributed by atoms with van der Waals surface area (Å²) >= 11 is 12.4. The van der Waals surface area contributed by atoms with Crippen molar-refractivity contribution in [2.45, 2.75) is 5.03 Å². The summed E-state index contributed by atoms with van der Waals surface area (Å²) in [7, 11) is 0. The van der Waals surface area contributed by atoms with E-state index in [4.69, 9.17) is 11.6 Å². The van der Waals surface area contributed by atoms with E-state index in [1.165, 1.54) is 11.8 Å². The molecule has 0 N–H and O–H groups in total. The number of Topliss-reactive ketones (excluding diaryl/α,β-unsaturated/α-hetero) is 1. The zero-order chi connectivity index (χ0) is 18.8. The van der Waals surface area contributed by atoms with E-state index in [9.17, 15) is 4.79 Å². The van der Waals surface area contributed by atoms with Gasteiger partial charge in [-0.15, -0.1) is 11.3 Å². The highest BCUT2D eigenvalue weighted by Gasteiger charge is 2.15. The lowest BCUT2D eigenvalue weighted by molar-refractivity contribution is 0.102. The molecule has 0 spiro atoms. The van der Waals surface area contributed by atoms with Crippen LogP contribution in [0.4, 0.5) is 0 Å². The largest absolute Gasteiger partial charge is 0.293 e. The fourth-order valence-electron chi connectivity index (χ4n) is 2.65. The Morgan fingerprint density at radius 3 is 2.56 bits per heavy atom. The van der Waals surface area contributed by atoms with E-state index in [1.807, 2.05) is 12.1 Å². The second kappa shape index (κ2) is 8.10. The van der Waals surface area contributed by atoms with E-state index in [-0.39, 0.29) is 5.78 Å². The molecule has 0 saturated heterocycles. The topological polar surface area (TPSA) is 42.9 Å². The molecule has 0 fully saturated rings. The van der Waals surface area contributed by atoms with Gasteiger partial charge in [-0.1, -0.05) is 51.4 Å². The Hall–Kier alpha value is -1.73. The van der Waals surface area contributed by atoms with Crippen molar-refractivity contribution in [2.24, 2.45) is 0 Å². The maximum atomic E-state index is 12.5. The highest BCUT2D eigenvalue weighted by atomic mass is 79.9. The Labute approximate surface area is 177 Å². The Morgan fingerprint density at radius 1 is 1.07 bits per heavy atom. The van der Waals surface area contributed by atoms with Crippen LogP contribution in [-0.2, 0) is 0 Å². The SMILES string of the molecule is O=C(CSc1ncnc2scc(-c3ccc(Br)cc3)c12)c1ccc(Cl)cc1. The van der Waals surface area contributed by atoms with E-state index < -0.39 is 0 Å². The monoisotopic (exact) mass is 474 g/mol. The van der Waals surface area contributed by atoms with Gasteiger partial charge in [0.15, 0.2) is 5.78 Å². The van der Waals surface area contributed by atoms with E-state index in [0.717, 1.165) is 30.8 Å². The molecule has 0 amide bonds. The van der Waals surface area contributed by atoms with Crippen LogP contribution in [0.15, 0.2) is 69.7 Å². The van der Waals surface area contributed by atoms with E-state index in [0.29, 0.717) is 16.3 Å². The third kappa shape index (κ3) is 4.09. The lowest BCUT2D eigenvalue weighted by Gasteiger charge is -2.06. The van der Waals surface area contributed by atoms with Gasteiger partial charge < -0.3 is 0 Å². The molecule has 27 heavy (non-hydrogen) atoms. The molecule has 0 atom stereocenters. The number of benzene rings is 2. The van der Waals surface area contributed by atoms with Crippen molar-refractivity contribution < 1.29 is 4.79 Å². The molecular formula is C20H12BrClN2OS2. The molecule has 7 heteroatoms. The van der Waals surface area contributed by atoms with Gasteiger partial charge in [0, 0.05) is 26.0 Å². The number of thiophene rings is 1. The summed E-state index contributed by atoms with van der Waals surface area (Å²) in [6.45, 7) is 0. The fraction of sp³-hybridized carbons (Fsp3) is 0.0500. The Morgan fingerprint density at radius 2 is 1.81 bits per heavy atom. The summed E-state index contributed by atoms with van der Waals surface area (Å²) in [6.07, 6.45) is 1.55. The predicted molar refractivity (Wildman–Crippen MR) is 117 cm³/mol. The number of hydrogen-bond donors (Lipinski definition) is 0. The zero-order valence-corrected chi connectivity index (χ0v) is 17.8. The molecule has 0 radical (unpaired) electrons. The van der Waals surface area contributed by atoms with Crippen LogP contribution in [0.1, 0.15) is 10.4 Å². The van der Waals surface area contributed by atoms with Gasteiger partial charge in [0.25, 0.3) is 0 Å². The van der Waals surface area contributed by atoms with Crippen LogP contribution in [0.5, 0.6) is 0 Å². The number of rotatable bonds is 5. The van der Waals surface area contributed by atoms with Gasteiger partial charge >= 0.3 is 0 Å². The summed E-state index contributed by atoms with van der Waals surface area (Å²) in [5.41, 5.74) is 2.84. The first-order valence-electron chi connectivity index (χ1n) is 8.01. The molecule has 0 aliphatic heterocycles. The van der Waals surface area contributed by atoms with Gasteiger partial charge in [0.1, 0.15) is 16.2 Å². The maximum absolute atomic E-state index is 12.5. The summed E-state index contributed by atoms with van der Waals surface area (Å²) in [5.74, 6) is 0.354. The number of halogens is 2. The van der Waals surface area contributed by atoms with Gasteiger partial charge in [-0.25, -0.2) is 9.97 Å². The quantitative estimate of drug-likeness (QED) is 0.182. The second-order valence-corrected chi connectivity index (χ2v) is 8.91. The highest BCUT2D eigenvalue weighted by Crippen LogP contribution is 2.38. The van der Waals surface area contributed by atoms with Gasteiger partial charge in [0.2, 0.25) is 0 Å². The van der Waals surface area contributed by atoms with Crippen molar-refractivity contribution in [3.63, 3.8) is 0 Å². The zero-order valence-electron chi connectivity index (χ0n) is 13.9. The lowest BCUT2D eigenvalue weighted by Crippen LogP contribution is -2.02. The average molecular weight is 476 g/mol. The minimum Gasteiger partial charge on any atom is -0.293 e. The average Bonchev–Trinajstić information content (AvgIpc) is 3.12. The van der Waals surface area contributed by atoms with Crippen molar-refractivity contribution >= 4 is 66.6 Å². The summed E-state index contributed by atoms with van der Waals surface area (Å²) in [6, 6.07) is 15.1. The van der Waals surface area contributed by atoms with Crippen LogP contribution in [0.3, 0.4) is 0 Å². The highest BCUT2D eigenvalue weighted by molar-refractivity contribution is 9.10. The first-order chi connectivity index (χ1) is 13.1. The number of carbonyl (C=O) groups excluding carboxylic acids is 1. The Kier molecular flexibility index (Phi) is 5.59. The van der Waals surface area contributed by atoms with Crippen molar-refractivity contribution in [3.05, 3.63) is 75.3 Å². The van der Waals surface area contributed by atoms with Crippen LogP contribution < -0.4 is 0 Å². The molecule has 2 aromatic heterocycles. The number of ketones is 1. The summed E-state index contributed by atoms with van der Waals surface area (Å²) in [5, 5.41) is 4.53. The van der Waals surface area contributed by atoms with Gasteiger partial charge in [-0.05, 0) is 42.0 Å². The van der Waals surface area contributed by atoms with Crippen LogP contribution in [-0.4, -0.2) is 21.5 Å². The number of fused-ring (bicyclic) bond motifs is 1. The molecule has 2 heterocycles. The number of thioether (sulfide) groups is 1. The standard InChI is InChI=1S/C20H12BrClN2OS2/c21-14-5-1-12(2-6-14)16-9-26-19-18(16)20(24-11-23-19)27-10-17(25)13-3-7-15(22)8-4-13/h1-9,11H,10H2. The molecule has 0 aliphatic carbocycles. The van der Waals surface area contributed by atoms with Gasteiger partial charge in [-0.2, -0.15) is 0 Å². The molecule has 0 unspecified atom stereocenters. The third-order valence-corrected chi connectivity index (χ3v) is 6.65. The third-order valence-electron chi connectivity index (χ3n) is 4.00. The first kappa shape index (κ1) is 18.6. The molecule has 4 rings (SSSR count).